The topological polar surface area (TPSA) is 58.6 Å². The van der Waals surface area contributed by atoms with Crippen molar-refractivity contribution in [3.05, 3.63) is 94.5 Å². The van der Waals surface area contributed by atoms with Crippen LogP contribution in [0.1, 0.15) is 44.6 Å². The maximum atomic E-state index is 11.9. The summed E-state index contributed by atoms with van der Waals surface area (Å²) < 4.78 is 5.63. The lowest BCUT2D eigenvalue weighted by molar-refractivity contribution is 0.0697. The van der Waals surface area contributed by atoms with Crippen molar-refractivity contribution in [2.24, 2.45) is 5.92 Å². The first kappa shape index (κ1) is 16.9. The second-order valence-corrected chi connectivity index (χ2v) is 7.48. The molecular formula is C24H21NO3. The number of hydrogen-bond donors (Lipinski definition) is 2. The number of nitrogens with one attached hydrogen (secondary N) is 1. The summed E-state index contributed by atoms with van der Waals surface area (Å²) >= 11 is 0. The van der Waals surface area contributed by atoms with E-state index in [1.807, 2.05) is 24.3 Å². The SMILES string of the molecule is COc1ccccc1[C@@H]1Nc2c(C(=O)O)cccc2[C@@H]2c3ccccc3C[C@H]21. The molecule has 1 aliphatic carbocycles. The molecule has 0 spiro atoms. The van der Waals surface area contributed by atoms with Gasteiger partial charge in [0, 0.05) is 11.5 Å². The third kappa shape index (κ3) is 2.41. The van der Waals surface area contributed by atoms with E-state index in [1.165, 1.54) is 11.1 Å². The van der Waals surface area contributed by atoms with Crippen molar-refractivity contribution in [2.75, 3.05) is 12.4 Å². The maximum Gasteiger partial charge on any atom is 0.337 e. The highest BCUT2D eigenvalue weighted by atomic mass is 16.5. The monoisotopic (exact) mass is 371 g/mol. The maximum absolute atomic E-state index is 11.9. The molecule has 0 amide bonds. The number of carboxylic acids is 1. The van der Waals surface area contributed by atoms with Crippen molar-refractivity contribution in [2.45, 2.75) is 18.4 Å². The first-order chi connectivity index (χ1) is 13.7. The molecule has 3 atom stereocenters. The van der Waals surface area contributed by atoms with Gasteiger partial charge in [0.2, 0.25) is 0 Å². The van der Waals surface area contributed by atoms with Crippen LogP contribution in [0, 0.1) is 5.92 Å². The highest BCUT2D eigenvalue weighted by Crippen LogP contribution is 2.55. The summed E-state index contributed by atoms with van der Waals surface area (Å²) in [5.41, 5.74) is 5.83. The van der Waals surface area contributed by atoms with Gasteiger partial charge in [0.05, 0.1) is 24.4 Å². The van der Waals surface area contributed by atoms with Gasteiger partial charge in [0.15, 0.2) is 0 Å². The van der Waals surface area contributed by atoms with Crippen LogP contribution >= 0.6 is 0 Å². The van der Waals surface area contributed by atoms with Crippen molar-refractivity contribution in [1.29, 1.82) is 0 Å². The average Bonchev–Trinajstić information content (AvgIpc) is 3.12. The van der Waals surface area contributed by atoms with Crippen LogP contribution in [-0.2, 0) is 6.42 Å². The molecule has 0 aromatic heterocycles. The summed E-state index contributed by atoms with van der Waals surface area (Å²) in [4.78, 5) is 11.9. The Kier molecular flexibility index (Phi) is 3.86. The van der Waals surface area contributed by atoms with Crippen molar-refractivity contribution in [3.8, 4) is 5.75 Å². The van der Waals surface area contributed by atoms with Gasteiger partial charge >= 0.3 is 5.97 Å². The quantitative estimate of drug-likeness (QED) is 0.690. The number of carbonyl (C=O) groups is 1. The fourth-order valence-corrected chi connectivity index (χ4v) is 5.00. The molecule has 3 aromatic carbocycles. The Bertz CT molecular complexity index is 1070. The Hall–Kier alpha value is -3.27. The number of benzene rings is 3. The molecule has 28 heavy (non-hydrogen) atoms. The van der Waals surface area contributed by atoms with Crippen molar-refractivity contribution >= 4 is 11.7 Å². The van der Waals surface area contributed by atoms with Crippen molar-refractivity contribution in [1.82, 2.24) is 0 Å². The Labute approximate surface area is 163 Å². The molecule has 0 radical (unpaired) electrons. The van der Waals surface area contributed by atoms with Crippen molar-refractivity contribution in [3.63, 3.8) is 0 Å². The molecular weight excluding hydrogens is 350 g/mol. The van der Waals surface area contributed by atoms with E-state index in [4.69, 9.17) is 4.74 Å². The highest BCUT2D eigenvalue weighted by Gasteiger charge is 2.44. The molecule has 4 nitrogen and oxygen atoms in total. The van der Waals surface area contributed by atoms with Gasteiger partial charge in [0.1, 0.15) is 5.75 Å². The van der Waals surface area contributed by atoms with Gasteiger partial charge in [-0.25, -0.2) is 4.79 Å². The standard InChI is InChI=1S/C24H21NO3/c1-28-20-12-5-4-9-16(20)22-19-13-14-7-2-3-8-15(14)21(19)17-10-6-11-18(24(26)27)23(17)25-22/h2-12,19,21-22,25H,13H2,1H3,(H,26,27)/t19-,21+,22+/m1/s1. The zero-order valence-corrected chi connectivity index (χ0v) is 15.6. The van der Waals surface area contributed by atoms with Crippen LogP contribution < -0.4 is 10.1 Å². The van der Waals surface area contributed by atoms with E-state index in [2.05, 4.69) is 41.7 Å². The molecule has 2 aliphatic rings. The second-order valence-electron chi connectivity index (χ2n) is 7.48. The van der Waals surface area contributed by atoms with Gasteiger partial charge in [-0.2, -0.15) is 0 Å². The van der Waals surface area contributed by atoms with Crippen LogP contribution in [0.5, 0.6) is 5.75 Å². The lowest BCUT2D eigenvalue weighted by atomic mass is 9.75. The third-order valence-corrected chi connectivity index (χ3v) is 6.14. The number of hydrogen-bond acceptors (Lipinski definition) is 3. The summed E-state index contributed by atoms with van der Waals surface area (Å²) in [6.07, 6.45) is 0.952. The zero-order valence-electron chi connectivity index (χ0n) is 15.6. The van der Waals surface area contributed by atoms with Crippen LogP contribution in [0.15, 0.2) is 66.7 Å². The van der Waals surface area contributed by atoms with Crippen LogP contribution in [0.4, 0.5) is 5.69 Å². The molecule has 0 unspecified atom stereocenters. The zero-order chi connectivity index (χ0) is 19.3. The minimum absolute atomic E-state index is 0.0263. The molecule has 0 fully saturated rings. The van der Waals surface area contributed by atoms with Crippen LogP contribution in [-0.4, -0.2) is 18.2 Å². The lowest BCUT2D eigenvalue weighted by Gasteiger charge is -2.39. The van der Waals surface area contributed by atoms with E-state index >= 15 is 0 Å². The van der Waals surface area contributed by atoms with E-state index in [-0.39, 0.29) is 12.0 Å². The van der Waals surface area contributed by atoms with Crippen molar-refractivity contribution < 1.29 is 14.6 Å². The van der Waals surface area contributed by atoms with Gasteiger partial charge in [-0.15, -0.1) is 0 Å². The fourth-order valence-electron chi connectivity index (χ4n) is 5.00. The van der Waals surface area contributed by atoms with Gasteiger partial charge < -0.3 is 15.2 Å². The van der Waals surface area contributed by atoms with E-state index in [9.17, 15) is 9.90 Å². The predicted molar refractivity (Wildman–Crippen MR) is 108 cm³/mol. The summed E-state index contributed by atoms with van der Waals surface area (Å²) in [5, 5.41) is 13.4. The molecule has 5 rings (SSSR count). The third-order valence-electron chi connectivity index (χ3n) is 6.14. The molecule has 0 bridgehead atoms. The second kappa shape index (κ2) is 6.41. The van der Waals surface area contributed by atoms with Crippen LogP contribution in [0.2, 0.25) is 0 Å². The number of rotatable bonds is 3. The molecule has 3 aromatic rings. The number of fused-ring (bicyclic) bond motifs is 5. The van der Waals surface area contributed by atoms with E-state index in [1.54, 1.807) is 13.2 Å². The molecule has 1 heterocycles. The van der Waals surface area contributed by atoms with E-state index in [0.717, 1.165) is 29.0 Å². The Balaban J connectivity index is 1.74. The lowest BCUT2D eigenvalue weighted by Crippen LogP contribution is -2.31. The first-order valence-corrected chi connectivity index (χ1v) is 9.52. The predicted octanol–water partition coefficient (Wildman–Crippen LogP) is 4.86. The molecule has 0 saturated heterocycles. The average molecular weight is 371 g/mol. The Morgan fingerprint density at radius 2 is 1.68 bits per heavy atom. The van der Waals surface area contributed by atoms with Gasteiger partial charge in [0.25, 0.3) is 0 Å². The fraction of sp³-hybridized carbons (Fsp3) is 0.208. The van der Waals surface area contributed by atoms with E-state index < -0.39 is 5.97 Å². The molecule has 2 N–H and O–H groups in total. The molecule has 4 heteroatoms. The van der Waals surface area contributed by atoms with E-state index in [0.29, 0.717) is 11.5 Å². The van der Waals surface area contributed by atoms with Gasteiger partial charge in [-0.05, 0) is 41.2 Å². The van der Waals surface area contributed by atoms with Crippen LogP contribution in [0.25, 0.3) is 0 Å². The van der Waals surface area contributed by atoms with Gasteiger partial charge in [-0.3, -0.25) is 0 Å². The summed E-state index contributed by atoms with van der Waals surface area (Å²) in [5.74, 6) is 0.380. The largest absolute Gasteiger partial charge is 0.496 e. The number of anilines is 1. The molecule has 0 saturated carbocycles. The summed E-state index contributed by atoms with van der Waals surface area (Å²) in [6.45, 7) is 0. The van der Waals surface area contributed by atoms with Crippen LogP contribution in [0.3, 0.4) is 0 Å². The number of methoxy groups -OCH3 is 1. The Morgan fingerprint density at radius 3 is 2.46 bits per heavy atom. The van der Waals surface area contributed by atoms with Gasteiger partial charge in [-0.1, -0.05) is 54.6 Å². The number of carboxylic acid groups (broad SMARTS) is 1. The first-order valence-electron chi connectivity index (χ1n) is 9.52. The smallest absolute Gasteiger partial charge is 0.337 e. The highest BCUT2D eigenvalue weighted by molar-refractivity contribution is 5.96. The summed E-state index contributed by atoms with van der Waals surface area (Å²) in [7, 11) is 1.68. The number of ether oxygens (including phenoxy) is 1. The normalized spacial score (nSPS) is 21.8. The molecule has 140 valence electrons. The minimum Gasteiger partial charge on any atom is -0.496 e. The number of para-hydroxylation sites is 2. The number of aromatic carboxylic acids is 1. The summed E-state index contributed by atoms with van der Waals surface area (Å²) in [6, 6.07) is 22.1. The molecule has 1 aliphatic heterocycles. The Morgan fingerprint density at radius 1 is 0.964 bits per heavy atom. The minimum atomic E-state index is -0.909.